The molecule has 0 aliphatic heterocycles. The Morgan fingerprint density at radius 1 is 1.41 bits per heavy atom. The number of nitrogens with zero attached hydrogens (tertiary/aromatic N) is 1. The number of carboxylic acid groups (broad SMARTS) is 1. The third-order valence-corrected chi connectivity index (χ3v) is 2.63. The average molecular weight is 237 g/mol. The Labute approximate surface area is 102 Å². The van der Waals surface area contributed by atoms with Gasteiger partial charge in [0, 0.05) is 18.2 Å². The van der Waals surface area contributed by atoms with Crippen molar-refractivity contribution in [3.63, 3.8) is 0 Å². The summed E-state index contributed by atoms with van der Waals surface area (Å²) >= 11 is 0. The van der Waals surface area contributed by atoms with Crippen LogP contribution in [0.5, 0.6) is 5.75 Å². The van der Waals surface area contributed by atoms with E-state index in [1.54, 1.807) is 7.11 Å². The van der Waals surface area contributed by atoms with Crippen LogP contribution < -0.4 is 4.74 Å². The van der Waals surface area contributed by atoms with E-state index in [2.05, 4.69) is 0 Å². The summed E-state index contributed by atoms with van der Waals surface area (Å²) in [5.74, 6) is -0.0165. The van der Waals surface area contributed by atoms with Gasteiger partial charge < -0.3 is 9.84 Å². The van der Waals surface area contributed by atoms with E-state index in [0.29, 0.717) is 6.54 Å². The second kappa shape index (κ2) is 6.25. The first-order valence-corrected chi connectivity index (χ1v) is 5.62. The summed E-state index contributed by atoms with van der Waals surface area (Å²) in [6.45, 7) is 4.58. The molecule has 0 aromatic heterocycles. The highest BCUT2D eigenvalue weighted by Gasteiger charge is 2.15. The highest BCUT2D eigenvalue weighted by molar-refractivity contribution is 5.69. The number of aliphatic carboxylic acids is 1. The zero-order valence-electron chi connectivity index (χ0n) is 10.5. The molecule has 4 heteroatoms. The van der Waals surface area contributed by atoms with Crippen LogP contribution in [0.15, 0.2) is 24.3 Å². The molecule has 1 aromatic carbocycles. The van der Waals surface area contributed by atoms with Crippen LogP contribution in [-0.4, -0.2) is 35.7 Å². The van der Waals surface area contributed by atoms with Crippen LogP contribution in [0, 0.1) is 0 Å². The maximum atomic E-state index is 10.8. The predicted octanol–water partition coefficient (Wildman–Crippen LogP) is 1.99. The molecule has 1 aromatic rings. The minimum Gasteiger partial charge on any atom is -0.496 e. The maximum absolute atomic E-state index is 10.8. The molecule has 0 aliphatic rings. The molecule has 0 unspecified atom stereocenters. The molecule has 4 nitrogen and oxygen atoms in total. The van der Waals surface area contributed by atoms with E-state index >= 15 is 0 Å². The number of carboxylic acids is 1. The van der Waals surface area contributed by atoms with Crippen LogP contribution in [0.2, 0.25) is 0 Å². The summed E-state index contributed by atoms with van der Waals surface area (Å²) in [5, 5.41) is 8.86. The third kappa shape index (κ3) is 4.07. The Hall–Kier alpha value is -1.55. The van der Waals surface area contributed by atoms with Gasteiger partial charge in [0.05, 0.1) is 13.7 Å². The number of methoxy groups -OCH3 is 1. The molecular formula is C13H19NO3. The van der Waals surface area contributed by atoms with Gasteiger partial charge in [-0.1, -0.05) is 18.2 Å². The number of rotatable bonds is 6. The van der Waals surface area contributed by atoms with Gasteiger partial charge in [-0.05, 0) is 19.9 Å². The van der Waals surface area contributed by atoms with E-state index in [-0.39, 0.29) is 12.6 Å². The largest absolute Gasteiger partial charge is 0.496 e. The van der Waals surface area contributed by atoms with Gasteiger partial charge in [0.1, 0.15) is 5.75 Å². The molecule has 0 amide bonds. The van der Waals surface area contributed by atoms with Crippen LogP contribution in [0.1, 0.15) is 19.4 Å². The molecule has 0 atom stereocenters. The van der Waals surface area contributed by atoms with E-state index in [1.165, 1.54) is 0 Å². The van der Waals surface area contributed by atoms with Gasteiger partial charge in [-0.15, -0.1) is 0 Å². The van der Waals surface area contributed by atoms with E-state index in [9.17, 15) is 4.79 Å². The van der Waals surface area contributed by atoms with Crippen molar-refractivity contribution in [2.45, 2.75) is 26.4 Å². The first-order chi connectivity index (χ1) is 8.04. The van der Waals surface area contributed by atoms with Gasteiger partial charge >= 0.3 is 5.97 Å². The molecule has 0 fully saturated rings. The molecule has 0 heterocycles. The molecule has 94 valence electrons. The first-order valence-electron chi connectivity index (χ1n) is 5.62. The highest BCUT2D eigenvalue weighted by atomic mass is 16.5. The zero-order valence-corrected chi connectivity index (χ0v) is 10.5. The minimum absolute atomic E-state index is 0.0374. The average Bonchev–Trinajstić information content (AvgIpc) is 2.28. The fourth-order valence-electron chi connectivity index (χ4n) is 1.65. The summed E-state index contributed by atoms with van der Waals surface area (Å²) in [6, 6.07) is 7.84. The van der Waals surface area contributed by atoms with Crippen molar-refractivity contribution < 1.29 is 14.6 Å². The number of hydrogen-bond acceptors (Lipinski definition) is 3. The van der Waals surface area contributed by atoms with Crippen molar-refractivity contribution >= 4 is 5.97 Å². The lowest BCUT2D eigenvalue weighted by Gasteiger charge is -2.25. The van der Waals surface area contributed by atoms with Crippen LogP contribution >= 0.6 is 0 Å². The number of benzene rings is 1. The quantitative estimate of drug-likeness (QED) is 0.822. The topological polar surface area (TPSA) is 49.8 Å². The van der Waals surface area contributed by atoms with Crippen LogP contribution in [-0.2, 0) is 11.3 Å². The second-order valence-corrected chi connectivity index (χ2v) is 4.20. The lowest BCUT2D eigenvalue weighted by molar-refractivity contribution is -0.138. The van der Waals surface area contributed by atoms with Gasteiger partial charge in [0.15, 0.2) is 0 Å². The molecule has 1 N–H and O–H groups in total. The Morgan fingerprint density at radius 3 is 2.59 bits per heavy atom. The van der Waals surface area contributed by atoms with Crippen LogP contribution in [0.4, 0.5) is 0 Å². The lowest BCUT2D eigenvalue weighted by atomic mass is 10.1. The lowest BCUT2D eigenvalue weighted by Crippen LogP contribution is -2.35. The van der Waals surface area contributed by atoms with Crippen molar-refractivity contribution in [2.75, 3.05) is 13.7 Å². The van der Waals surface area contributed by atoms with Crippen LogP contribution in [0.3, 0.4) is 0 Å². The monoisotopic (exact) mass is 237 g/mol. The van der Waals surface area contributed by atoms with Gasteiger partial charge in [-0.3, -0.25) is 9.69 Å². The number of carbonyl (C=O) groups is 1. The Balaban J connectivity index is 2.81. The maximum Gasteiger partial charge on any atom is 0.317 e. The Kier molecular flexibility index (Phi) is 4.97. The van der Waals surface area contributed by atoms with Crippen molar-refractivity contribution in [1.82, 2.24) is 4.90 Å². The summed E-state index contributed by atoms with van der Waals surface area (Å²) in [7, 11) is 1.62. The molecular weight excluding hydrogens is 218 g/mol. The van der Waals surface area contributed by atoms with E-state index < -0.39 is 5.97 Å². The minimum atomic E-state index is -0.811. The SMILES string of the molecule is COc1ccccc1CN(CC(=O)O)C(C)C. The van der Waals surface area contributed by atoms with Gasteiger partial charge in [0.25, 0.3) is 0 Å². The van der Waals surface area contributed by atoms with Gasteiger partial charge in [-0.25, -0.2) is 0 Å². The molecule has 0 saturated heterocycles. The molecule has 0 saturated carbocycles. The van der Waals surface area contributed by atoms with Gasteiger partial charge in [0.2, 0.25) is 0 Å². The van der Waals surface area contributed by atoms with Crippen molar-refractivity contribution in [3.8, 4) is 5.75 Å². The fourth-order valence-corrected chi connectivity index (χ4v) is 1.65. The van der Waals surface area contributed by atoms with Crippen LogP contribution in [0.25, 0.3) is 0 Å². The fraction of sp³-hybridized carbons (Fsp3) is 0.462. The zero-order chi connectivity index (χ0) is 12.8. The van der Waals surface area contributed by atoms with E-state index in [4.69, 9.17) is 9.84 Å². The first kappa shape index (κ1) is 13.5. The molecule has 17 heavy (non-hydrogen) atoms. The standard InChI is InChI=1S/C13H19NO3/c1-10(2)14(9-13(15)16)8-11-6-4-5-7-12(11)17-3/h4-7,10H,8-9H2,1-3H3,(H,15,16). The predicted molar refractivity (Wildman–Crippen MR) is 66.2 cm³/mol. The molecule has 1 rings (SSSR count). The third-order valence-electron chi connectivity index (χ3n) is 2.63. The number of para-hydroxylation sites is 1. The normalized spacial score (nSPS) is 10.9. The highest BCUT2D eigenvalue weighted by Crippen LogP contribution is 2.20. The Bertz CT molecular complexity index is 377. The number of ether oxygens (including phenoxy) is 1. The molecule has 0 aliphatic carbocycles. The number of hydrogen-bond donors (Lipinski definition) is 1. The summed E-state index contributed by atoms with van der Waals surface area (Å²) < 4.78 is 5.26. The van der Waals surface area contributed by atoms with Crippen molar-refractivity contribution in [3.05, 3.63) is 29.8 Å². The smallest absolute Gasteiger partial charge is 0.317 e. The molecule has 0 bridgehead atoms. The second-order valence-electron chi connectivity index (χ2n) is 4.20. The van der Waals surface area contributed by atoms with E-state index in [0.717, 1.165) is 11.3 Å². The summed E-state index contributed by atoms with van der Waals surface area (Å²) in [5.41, 5.74) is 1.00. The molecule has 0 spiro atoms. The van der Waals surface area contributed by atoms with Crippen molar-refractivity contribution in [1.29, 1.82) is 0 Å². The summed E-state index contributed by atoms with van der Waals surface area (Å²) in [6.07, 6.45) is 0. The Morgan fingerprint density at radius 2 is 2.06 bits per heavy atom. The molecule has 0 radical (unpaired) electrons. The van der Waals surface area contributed by atoms with E-state index in [1.807, 2.05) is 43.0 Å². The van der Waals surface area contributed by atoms with Crippen molar-refractivity contribution in [2.24, 2.45) is 0 Å². The van der Waals surface area contributed by atoms with Gasteiger partial charge in [-0.2, -0.15) is 0 Å². The summed E-state index contributed by atoms with van der Waals surface area (Å²) in [4.78, 5) is 12.7.